The van der Waals surface area contributed by atoms with E-state index in [0.29, 0.717) is 11.9 Å². The van der Waals surface area contributed by atoms with Crippen LogP contribution in [0.1, 0.15) is 44.1 Å². The third-order valence-corrected chi connectivity index (χ3v) is 3.13. The van der Waals surface area contributed by atoms with Crippen LogP contribution in [0.5, 0.6) is 0 Å². The third kappa shape index (κ3) is 2.92. The van der Waals surface area contributed by atoms with Crippen molar-refractivity contribution in [3.63, 3.8) is 0 Å². The summed E-state index contributed by atoms with van der Waals surface area (Å²) in [6, 6.07) is 0.224. The zero-order valence-corrected chi connectivity index (χ0v) is 9.82. The highest BCUT2D eigenvalue weighted by atomic mass is 15.1. The summed E-state index contributed by atoms with van der Waals surface area (Å²) in [7, 11) is 0. The fraction of sp³-hybridized carbons (Fsp3) is 0.667. The Morgan fingerprint density at radius 3 is 2.62 bits per heavy atom. The van der Waals surface area contributed by atoms with Crippen LogP contribution in [0.15, 0.2) is 12.4 Å². The Bertz CT molecular complexity index is 316. The zero-order chi connectivity index (χ0) is 11.4. The van der Waals surface area contributed by atoms with Gasteiger partial charge in [0, 0.05) is 25.0 Å². The van der Waals surface area contributed by atoms with Crippen LogP contribution in [0, 0.1) is 0 Å². The Morgan fingerprint density at radius 1 is 1.44 bits per heavy atom. The number of aromatic nitrogens is 2. The molecule has 1 aromatic heterocycles. The van der Waals surface area contributed by atoms with Gasteiger partial charge in [0.2, 0.25) is 5.95 Å². The van der Waals surface area contributed by atoms with E-state index >= 15 is 0 Å². The molecule has 0 radical (unpaired) electrons. The van der Waals surface area contributed by atoms with E-state index in [0.717, 1.165) is 13.0 Å². The van der Waals surface area contributed by atoms with Gasteiger partial charge in [-0.1, -0.05) is 6.42 Å². The summed E-state index contributed by atoms with van der Waals surface area (Å²) in [5.41, 5.74) is 6.95. The van der Waals surface area contributed by atoms with Gasteiger partial charge in [-0.3, -0.25) is 0 Å². The van der Waals surface area contributed by atoms with Crippen LogP contribution < -0.4 is 11.1 Å². The molecule has 2 rings (SSSR count). The zero-order valence-electron chi connectivity index (χ0n) is 9.82. The Labute approximate surface area is 96.7 Å². The van der Waals surface area contributed by atoms with E-state index in [4.69, 9.17) is 5.73 Å². The van der Waals surface area contributed by atoms with Crippen molar-refractivity contribution in [3.8, 4) is 0 Å². The number of nitrogens with two attached hydrogens (primary N) is 1. The maximum atomic E-state index is 5.67. The molecular weight excluding hydrogens is 200 g/mol. The van der Waals surface area contributed by atoms with Gasteiger partial charge in [-0.25, -0.2) is 9.97 Å². The molecule has 1 aliphatic rings. The lowest BCUT2D eigenvalue weighted by Gasteiger charge is -2.24. The number of nitrogens with zero attached hydrogens (tertiary/aromatic N) is 2. The van der Waals surface area contributed by atoms with Gasteiger partial charge in [0.25, 0.3) is 0 Å². The molecule has 0 amide bonds. The van der Waals surface area contributed by atoms with Crippen molar-refractivity contribution >= 4 is 5.95 Å². The van der Waals surface area contributed by atoms with Gasteiger partial charge in [0.15, 0.2) is 0 Å². The summed E-state index contributed by atoms with van der Waals surface area (Å²) in [5.74, 6) is 1.42. The lowest BCUT2D eigenvalue weighted by Crippen LogP contribution is -2.19. The topological polar surface area (TPSA) is 63.8 Å². The minimum absolute atomic E-state index is 0.224. The van der Waals surface area contributed by atoms with E-state index < -0.39 is 0 Å². The Morgan fingerprint density at radius 2 is 2.12 bits per heavy atom. The first-order chi connectivity index (χ1) is 7.75. The Balaban J connectivity index is 1.82. The molecule has 1 saturated carbocycles. The van der Waals surface area contributed by atoms with Crippen molar-refractivity contribution in [2.45, 2.75) is 44.6 Å². The van der Waals surface area contributed by atoms with Gasteiger partial charge in [-0.2, -0.15) is 0 Å². The summed E-state index contributed by atoms with van der Waals surface area (Å²) in [4.78, 5) is 8.63. The number of anilines is 1. The molecule has 1 heterocycles. The molecule has 1 atom stereocenters. The van der Waals surface area contributed by atoms with Crippen LogP contribution >= 0.6 is 0 Å². The molecule has 0 aliphatic heterocycles. The minimum Gasteiger partial charge on any atom is -0.354 e. The van der Waals surface area contributed by atoms with Gasteiger partial charge >= 0.3 is 0 Å². The molecule has 1 fully saturated rings. The van der Waals surface area contributed by atoms with E-state index in [-0.39, 0.29) is 6.04 Å². The SMILES string of the molecule is CC(N)CCNc1ncc(C2CCC2)cn1. The van der Waals surface area contributed by atoms with Gasteiger partial charge in [0.05, 0.1) is 0 Å². The second kappa shape index (κ2) is 5.25. The van der Waals surface area contributed by atoms with Crippen molar-refractivity contribution in [2.24, 2.45) is 5.73 Å². The number of hydrogen-bond donors (Lipinski definition) is 2. The lowest BCUT2D eigenvalue weighted by atomic mass is 9.81. The standard InChI is InChI=1S/C12H20N4/c1-9(13)5-6-14-12-15-7-11(8-16-12)10-3-2-4-10/h7-10H,2-6,13H2,1H3,(H,14,15,16). The van der Waals surface area contributed by atoms with Crippen LogP contribution in [0.25, 0.3) is 0 Å². The summed E-state index contributed by atoms with van der Waals surface area (Å²) < 4.78 is 0. The van der Waals surface area contributed by atoms with Crippen LogP contribution in [0.2, 0.25) is 0 Å². The van der Waals surface area contributed by atoms with E-state index in [9.17, 15) is 0 Å². The smallest absolute Gasteiger partial charge is 0.222 e. The van der Waals surface area contributed by atoms with E-state index in [1.165, 1.54) is 24.8 Å². The first kappa shape index (κ1) is 11.3. The monoisotopic (exact) mass is 220 g/mol. The van der Waals surface area contributed by atoms with Crippen molar-refractivity contribution in [1.82, 2.24) is 9.97 Å². The molecule has 1 aromatic rings. The normalized spacial score (nSPS) is 17.9. The highest BCUT2D eigenvalue weighted by molar-refractivity contribution is 5.26. The molecule has 3 N–H and O–H groups in total. The predicted molar refractivity (Wildman–Crippen MR) is 65.4 cm³/mol. The molecule has 0 bridgehead atoms. The molecular formula is C12H20N4. The van der Waals surface area contributed by atoms with Gasteiger partial charge < -0.3 is 11.1 Å². The first-order valence-corrected chi connectivity index (χ1v) is 6.07. The first-order valence-electron chi connectivity index (χ1n) is 6.07. The van der Waals surface area contributed by atoms with Gasteiger partial charge in [-0.15, -0.1) is 0 Å². The predicted octanol–water partition coefficient (Wildman–Crippen LogP) is 1.89. The van der Waals surface area contributed by atoms with Gasteiger partial charge in [0.1, 0.15) is 0 Å². The average molecular weight is 220 g/mol. The fourth-order valence-corrected chi connectivity index (χ4v) is 1.79. The summed E-state index contributed by atoms with van der Waals surface area (Å²) in [6.45, 7) is 2.84. The second-order valence-electron chi connectivity index (χ2n) is 4.66. The summed E-state index contributed by atoms with van der Waals surface area (Å²) in [6.07, 6.45) is 8.77. The molecule has 88 valence electrons. The maximum Gasteiger partial charge on any atom is 0.222 e. The highest BCUT2D eigenvalue weighted by Crippen LogP contribution is 2.35. The largest absolute Gasteiger partial charge is 0.354 e. The van der Waals surface area contributed by atoms with Crippen LogP contribution in [-0.2, 0) is 0 Å². The summed E-state index contributed by atoms with van der Waals surface area (Å²) >= 11 is 0. The fourth-order valence-electron chi connectivity index (χ4n) is 1.79. The maximum absolute atomic E-state index is 5.67. The number of hydrogen-bond acceptors (Lipinski definition) is 4. The molecule has 16 heavy (non-hydrogen) atoms. The van der Waals surface area contributed by atoms with Crippen molar-refractivity contribution in [3.05, 3.63) is 18.0 Å². The van der Waals surface area contributed by atoms with Gasteiger partial charge in [-0.05, 0) is 37.7 Å². The van der Waals surface area contributed by atoms with E-state index in [1.807, 2.05) is 19.3 Å². The lowest BCUT2D eigenvalue weighted by molar-refractivity contribution is 0.418. The summed E-state index contributed by atoms with van der Waals surface area (Å²) in [5, 5.41) is 3.18. The molecule has 1 aliphatic carbocycles. The molecule has 0 saturated heterocycles. The van der Waals surface area contributed by atoms with Crippen molar-refractivity contribution in [1.29, 1.82) is 0 Å². The van der Waals surface area contributed by atoms with Crippen LogP contribution in [-0.4, -0.2) is 22.6 Å². The van der Waals surface area contributed by atoms with E-state index in [1.54, 1.807) is 0 Å². The molecule has 4 heteroatoms. The molecule has 0 aromatic carbocycles. The van der Waals surface area contributed by atoms with Crippen molar-refractivity contribution < 1.29 is 0 Å². The molecule has 4 nitrogen and oxygen atoms in total. The Hall–Kier alpha value is -1.16. The highest BCUT2D eigenvalue weighted by Gasteiger charge is 2.19. The second-order valence-corrected chi connectivity index (χ2v) is 4.66. The molecule has 1 unspecified atom stereocenters. The van der Waals surface area contributed by atoms with Crippen molar-refractivity contribution in [2.75, 3.05) is 11.9 Å². The van der Waals surface area contributed by atoms with Crippen LogP contribution in [0.4, 0.5) is 5.95 Å². The number of rotatable bonds is 5. The van der Waals surface area contributed by atoms with Crippen LogP contribution in [0.3, 0.4) is 0 Å². The minimum atomic E-state index is 0.224. The number of nitrogens with one attached hydrogen (secondary N) is 1. The molecule has 0 spiro atoms. The van der Waals surface area contributed by atoms with E-state index in [2.05, 4.69) is 15.3 Å². The Kier molecular flexibility index (Phi) is 3.72. The quantitative estimate of drug-likeness (QED) is 0.795. The third-order valence-electron chi connectivity index (χ3n) is 3.13. The average Bonchev–Trinajstić information content (AvgIpc) is 2.17.